The SMILES string of the molecule is COc1ccc(-c2nc(CN(C)Cc3cnn(C)c3)cs2)cc1. The van der Waals surface area contributed by atoms with Crippen LogP contribution in [0.5, 0.6) is 5.75 Å². The quantitative estimate of drug-likeness (QED) is 0.697. The van der Waals surface area contributed by atoms with Crippen molar-refractivity contribution in [3.8, 4) is 16.3 Å². The molecule has 0 amide bonds. The van der Waals surface area contributed by atoms with Crippen molar-refractivity contribution < 1.29 is 4.74 Å². The van der Waals surface area contributed by atoms with E-state index >= 15 is 0 Å². The van der Waals surface area contributed by atoms with Gasteiger partial charge in [-0.1, -0.05) is 0 Å². The van der Waals surface area contributed by atoms with E-state index in [4.69, 9.17) is 9.72 Å². The van der Waals surface area contributed by atoms with E-state index in [1.807, 2.05) is 48.4 Å². The number of aryl methyl sites for hydroxylation is 1. The van der Waals surface area contributed by atoms with Gasteiger partial charge >= 0.3 is 0 Å². The van der Waals surface area contributed by atoms with Gasteiger partial charge in [-0.15, -0.1) is 11.3 Å². The van der Waals surface area contributed by atoms with Crippen LogP contribution < -0.4 is 4.74 Å². The first-order valence-electron chi connectivity index (χ1n) is 7.39. The molecule has 2 heterocycles. The average Bonchev–Trinajstić information content (AvgIpc) is 3.16. The average molecular weight is 328 g/mol. The summed E-state index contributed by atoms with van der Waals surface area (Å²) < 4.78 is 7.02. The molecule has 120 valence electrons. The number of benzene rings is 1. The van der Waals surface area contributed by atoms with Crippen LogP contribution in [0, 0.1) is 0 Å². The Labute approximate surface area is 140 Å². The summed E-state index contributed by atoms with van der Waals surface area (Å²) in [6.07, 6.45) is 3.95. The highest BCUT2D eigenvalue weighted by atomic mass is 32.1. The molecule has 0 radical (unpaired) electrons. The fourth-order valence-corrected chi connectivity index (χ4v) is 3.26. The van der Waals surface area contributed by atoms with Crippen LogP contribution in [0.15, 0.2) is 42.0 Å². The van der Waals surface area contributed by atoms with Crippen molar-refractivity contribution in [2.24, 2.45) is 7.05 Å². The Morgan fingerprint density at radius 1 is 1.22 bits per heavy atom. The molecule has 0 aliphatic heterocycles. The lowest BCUT2D eigenvalue weighted by Crippen LogP contribution is -2.17. The van der Waals surface area contributed by atoms with E-state index in [1.165, 1.54) is 5.56 Å². The van der Waals surface area contributed by atoms with Crippen LogP contribution in [0.4, 0.5) is 0 Å². The van der Waals surface area contributed by atoms with Crippen molar-refractivity contribution >= 4 is 11.3 Å². The smallest absolute Gasteiger partial charge is 0.123 e. The Hall–Kier alpha value is -2.18. The number of ether oxygens (including phenoxy) is 1. The standard InChI is InChI=1S/C17H20N4OS/c1-20(9-13-8-18-21(2)10-13)11-15-12-23-17(19-15)14-4-6-16(22-3)7-5-14/h4-8,10,12H,9,11H2,1-3H3. The normalized spacial score (nSPS) is 11.1. The first kappa shape index (κ1) is 15.7. The number of rotatable bonds is 6. The molecule has 0 saturated carbocycles. The van der Waals surface area contributed by atoms with Gasteiger partial charge in [0.15, 0.2) is 0 Å². The third-order valence-corrected chi connectivity index (χ3v) is 4.47. The third-order valence-electron chi connectivity index (χ3n) is 3.53. The van der Waals surface area contributed by atoms with E-state index in [2.05, 4.69) is 22.4 Å². The van der Waals surface area contributed by atoms with Crippen molar-refractivity contribution in [3.63, 3.8) is 0 Å². The number of methoxy groups -OCH3 is 1. The van der Waals surface area contributed by atoms with E-state index in [1.54, 1.807) is 18.4 Å². The van der Waals surface area contributed by atoms with Crippen molar-refractivity contribution in [3.05, 3.63) is 53.3 Å². The Morgan fingerprint density at radius 2 is 2.00 bits per heavy atom. The van der Waals surface area contributed by atoms with Gasteiger partial charge in [-0.25, -0.2) is 4.98 Å². The molecule has 5 nitrogen and oxygen atoms in total. The second kappa shape index (κ2) is 6.93. The highest BCUT2D eigenvalue weighted by Gasteiger charge is 2.08. The van der Waals surface area contributed by atoms with Gasteiger partial charge in [-0.3, -0.25) is 9.58 Å². The molecule has 6 heteroatoms. The van der Waals surface area contributed by atoms with Gasteiger partial charge in [-0.2, -0.15) is 5.10 Å². The fraction of sp³-hybridized carbons (Fsp3) is 0.294. The van der Waals surface area contributed by atoms with Crippen LogP contribution in [-0.2, 0) is 20.1 Å². The number of hydrogen-bond acceptors (Lipinski definition) is 5. The van der Waals surface area contributed by atoms with Crippen LogP contribution in [0.1, 0.15) is 11.3 Å². The maximum atomic E-state index is 5.19. The first-order valence-corrected chi connectivity index (χ1v) is 8.27. The largest absolute Gasteiger partial charge is 0.497 e. The van der Waals surface area contributed by atoms with E-state index < -0.39 is 0 Å². The predicted octanol–water partition coefficient (Wildman–Crippen LogP) is 3.18. The maximum Gasteiger partial charge on any atom is 0.123 e. The third kappa shape index (κ3) is 3.97. The Kier molecular flexibility index (Phi) is 4.73. The van der Waals surface area contributed by atoms with Crippen LogP contribution in [0.2, 0.25) is 0 Å². The number of aromatic nitrogens is 3. The van der Waals surface area contributed by atoms with Crippen molar-refractivity contribution in [2.75, 3.05) is 14.2 Å². The number of thiazole rings is 1. The molecule has 3 aromatic rings. The van der Waals surface area contributed by atoms with Gasteiger partial charge in [0.1, 0.15) is 10.8 Å². The van der Waals surface area contributed by atoms with Crippen LogP contribution >= 0.6 is 11.3 Å². The number of hydrogen-bond donors (Lipinski definition) is 0. The molecular formula is C17H20N4OS. The van der Waals surface area contributed by atoms with E-state index in [0.717, 1.165) is 35.1 Å². The van der Waals surface area contributed by atoms with Crippen LogP contribution in [0.3, 0.4) is 0 Å². The summed E-state index contributed by atoms with van der Waals surface area (Å²) in [5.41, 5.74) is 3.42. The molecular weight excluding hydrogens is 308 g/mol. The van der Waals surface area contributed by atoms with Crippen LogP contribution in [0.25, 0.3) is 10.6 Å². The summed E-state index contributed by atoms with van der Waals surface area (Å²) in [6.45, 7) is 1.69. The molecule has 0 unspecified atom stereocenters. The van der Waals surface area contributed by atoms with Gasteiger partial charge in [0.25, 0.3) is 0 Å². The van der Waals surface area contributed by atoms with Gasteiger partial charge in [0.05, 0.1) is 19.0 Å². The van der Waals surface area contributed by atoms with Gasteiger partial charge in [0.2, 0.25) is 0 Å². The second-order valence-corrected chi connectivity index (χ2v) is 6.43. The minimum absolute atomic E-state index is 0.821. The van der Waals surface area contributed by atoms with Gasteiger partial charge < -0.3 is 4.74 Å². The van der Waals surface area contributed by atoms with E-state index in [9.17, 15) is 0 Å². The summed E-state index contributed by atoms with van der Waals surface area (Å²) in [5, 5.41) is 7.36. The molecule has 2 aromatic heterocycles. The number of nitrogens with zero attached hydrogens (tertiary/aromatic N) is 4. The molecule has 0 bridgehead atoms. The molecule has 0 fully saturated rings. The zero-order valence-corrected chi connectivity index (χ0v) is 14.4. The topological polar surface area (TPSA) is 43.2 Å². The molecule has 0 spiro atoms. The molecule has 0 aliphatic rings. The monoisotopic (exact) mass is 328 g/mol. The molecule has 3 rings (SSSR count). The minimum atomic E-state index is 0.821. The summed E-state index contributed by atoms with van der Waals surface area (Å²) in [6, 6.07) is 8.01. The van der Waals surface area contributed by atoms with E-state index in [0.29, 0.717) is 0 Å². The van der Waals surface area contributed by atoms with Gasteiger partial charge in [0, 0.05) is 42.8 Å². The first-order chi connectivity index (χ1) is 11.1. The lowest BCUT2D eigenvalue weighted by atomic mass is 10.2. The molecule has 23 heavy (non-hydrogen) atoms. The van der Waals surface area contributed by atoms with Crippen LogP contribution in [-0.4, -0.2) is 33.8 Å². The highest BCUT2D eigenvalue weighted by Crippen LogP contribution is 2.26. The Balaban J connectivity index is 1.64. The highest BCUT2D eigenvalue weighted by molar-refractivity contribution is 7.13. The predicted molar refractivity (Wildman–Crippen MR) is 92.5 cm³/mol. The summed E-state index contributed by atoms with van der Waals surface area (Å²) in [7, 11) is 5.71. The second-order valence-electron chi connectivity index (χ2n) is 5.57. The van der Waals surface area contributed by atoms with Crippen molar-refractivity contribution in [1.82, 2.24) is 19.7 Å². The lowest BCUT2D eigenvalue weighted by Gasteiger charge is -2.13. The minimum Gasteiger partial charge on any atom is -0.497 e. The maximum absolute atomic E-state index is 5.19. The van der Waals surface area contributed by atoms with Crippen molar-refractivity contribution in [2.45, 2.75) is 13.1 Å². The molecule has 0 aliphatic carbocycles. The Morgan fingerprint density at radius 3 is 2.65 bits per heavy atom. The molecule has 0 atom stereocenters. The molecule has 0 saturated heterocycles. The molecule has 0 N–H and O–H groups in total. The van der Waals surface area contributed by atoms with E-state index in [-0.39, 0.29) is 0 Å². The van der Waals surface area contributed by atoms with Crippen molar-refractivity contribution in [1.29, 1.82) is 0 Å². The Bertz CT molecular complexity index is 763. The fourth-order valence-electron chi connectivity index (χ4n) is 2.44. The summed E-state index contributed by atoms with van der Waals surface area (Å²) in [4.78, 5) is 6.98. The zero-order chi connectivity index (χ0) is 16.2. The summed E-state index contributed by atoms with van der Waals surface area (Å²) in [5.74, 6) is 0.863. The summed E-state index contributed by atoms with van der Waals surface area (Å²) >= 11 is 1.67. The zero-order valence-electron chi connectivity index (χ0n) is 13.6. The van der Waals surface area contributed by atoms with Gasteiger partial charge in [-0.05, 0) is 31.3 Å². The lowest BCUT2D eigenvalue weighted by molar-refractivity contribution is 0.316. The molecule has 1 aromatic carbocycles.